The van der Waals surface area contributed by atoms with Crippen molar-refractivity contribution in [2.75, 3.05) is 23.1 Å². The van der Waals surface area contributed by atoms with Crippen molar-refractivity contribution < 1.29 is 13.2 Å². The van der Waals surface area contributed by atoms with E-state index in [2.05, 4.69) is 17.4 Å². The van der Waals surface area contributed by atoms with Crippen molar-refractivity contribution in [3.8, 4) is 0 Å². The molecule has 0 radical (unpaired) electrons. The fourth-order valence-corrected chi connectivity index (χ4v) is 5.24. The van der Waals surface area contributed by atoms with Gasteiger partial charge in [-0.25, -0.2) is 8.42 Å². The van der Waals surface area contributed by atoms with E-state index >= 15 is 0 Å². The number of rotatable bonds is 6. The molecule has 1 saturated carbocycles. The number of hydrogen-bond acceptors (Lipinski definition) is 3. The molecular weight excluding hydrogens is 372 g/mol. The normalized spacial score (nSPS) is 19.6. The van der Waals surface area contributed by atoms with Crippen LogP contribution in [0, 0.1) is 0 Å². The van der Waals surface area contributed by atoms with E-state index in [0.29, 0.717) is 25.2 Å². The fraction of sp³-hybridized carbons (Fsp3) is 0.318. The summed E-state index contributed by atoms with van der Waals surface area (Å²) in [5.41, 5.74) is 2.91. The van der Waals surface area contributed by atoms with Crippen LogP contribution in [-0.4, -0.2) is 33.2 Å². The molecule has 0 atom stereocenters. The third kappa shape index (κ3) is 3.97. The van der Waals surface area contributed by atoms with Gasteiger partial charge in [-0.05, 0) is 48.6 Å². The van der Waals surface area contributed by atoms with Crippen molar-refractivity contribution in [2.45, 2.75) is 24.7 Å². The van der Waals surface area contributed by atoms with Crippen molar-refractivity contribution in [1.29, 1.82) is 0 Å². The molecule has 1 aliphatic heterocycles. The Morgan fingerprint density at radius 1 is 1.07 bits per heavy atom. The van der Waals surface area contributed by atoms with Crippen molar-refractivity contribution in [3.05, 3.63) is 71.8 Å². The van der Waals surface area contributed by atoms with Gasteiger partial charge in [0, 0.05) is 24.6 Å². The van der Waals surface area contributed by atoms with E-state index < -0.39 is 10.0 Å². The van der Waals surface area contributed by atoms with E-state index in [1.807, 2.05) is 30.3 Å². The molecule has 1 aliphatic carbocycles. The Morgan fingerprint density at radius 2 is 1.79 bits per heavy atom. The van der Waals surface area contributed by atoms with Gasteiger partial charge in [0.2, 0.25) is 15.9 Å². The minimum Gasteiger partial charge on any atom is -0.352 e. The summed E-state index contributed by atoms with van der Waals surface area (Å²) >= 11 is 0. The van der Waals surface area contributed by atoms with Gasteiger partial charge in [0.05, 0.1) is 11.4 Å². The first kappa shape index (κ1) is 18.7. The first-order valence-corrected chi connectivity index (χ1v) is 11.2. The minimum absolute atomic E-state index is 0.0909. The number of amides is 1. The van der Waals surface area contributed by atoms with Gasteiger partial charge in [-0.2, -0.15) is 0 Å². The Balaban J connectivity index is 1.34. The summed E-state index contributed by atoms with van der Waals surface area (Å²) in [5, 5.41) is 3.01. The summed E-state index contributed by atoms with van der Waals surface area (Å²) in [7, 11) is -3.17. The van der Waals surface area contributed by atoms with Crippen molar-refractivity contribution in [2.24, 2.45) is 0 Å². The molecule has 5 nitrogen and oxygen atoms in total. The summed E-state index contributed by atoms with van der Waals surface area (Å²) in [6.45, 7) is 1.18. The molecule has 4 rings (SSSR count). The van der Waals surface area contributed by atoms with Crippen LogP contribution in [0.25, 0.3) is 6.08 Å². The highest BCUT2D eigenvalue weighted by atomic mass is 32.2. The predicted octanol–water partition coefficient (Wildman–Crippen LogP) is 3.09. The van der Waals surface area contributed by atoms with Gasteiger partial charge < -0.3 is 5.32 Å². The van der Waals surface area contributed by atoms with Gasteiger partial charge in [-0.15, -0.1) is 0 Å². The highest BCUT2D eigenvalue weighted by molar-refractivity contribution is 7.93. The maximum absolute atomic E-state index is 12.2. The summed E-state index contributed by atoms with van der Waals surface area (Å²) in [6, 6.07) is 17.6. The van der Waals surface area contributed by atoms with Gasteiger partial charge in [0.1, 0.15) is 0 Å². The van der Waals surface area contributed by atoms with E-state index in [1.165, 1.54) is 15.9 Å². The topological polar surface area (TPSA) is 66.5 Å². The smallest absolute Gasteiger partial charge is 0.244 e. The Labute approximate surface area is 166 Å². The minimum atomic E-state index is -3.17. The Kier molecular flexibility index (Phi) is 4.98. The lowest BCUT2D eigenvalue weighted by atomic mass is 9.96. The van der Waals surface area contributed by atoms with E-state index in [-0.39, 0.29) is 17.1 Å². The number of nitrogens with zero attached hydrogens (tertiary/aromatic N) is 1. The zero-order valence-electron chi connectivity index (χ0n) is 15.7. The Bertz CT molecular complexity index is 978. The fourth-order valence-electron chi connectivity index (χ4n) is 3.68. The summed E-state index contributed by atoms with van der Waals surface area (Å²) < 4.78 is 25.4. The number of anilines is 1. The molecule has 146 valence electrons. The molecule has 2 aromatic rings. The van der Waals surface area contributed by atoms with Crippen molar-refractivity contribution in [3.63, 3.8) is 0 Å². The van der Waals surface area contributed by atoms with Gasteiger partial charge >= 0.3 is 0 Å². The highest BCUT2D eigenvalue weighted by Crippen LogP contribution is 2.47. The molecule has 28 heavy (non-hydrogen) atoms. The van der Waals surface area contributed by atoms with Gasteiger partial charge in [-0.1, -0.05) is 42.5 Å². The monoisotopic (exact) mass is 396 g/mol. The molecule has 2 fully saturated rings. The lowest BCUT2D eigenvalue weighted by Gasteiger charge is -2.16. The van der Waals surface area contributed by atoms with Gasteiger partial charge in [0.15, 0.2) is 0 Å². The molecule has 1 saturated heterocycles. The largest absolute Gasteiger partial charge is 0.352 e. The average Bonchev–Trinajstić information content (AvgIpc) is 3.42. The number of carbonyl (C=O) groups excluding carboxylic acids is 1. The summed E-state index contributed by atoms with van der Waals surface area (Å²) in [5.74, 6) is 0.0904. The summed E-state index contributed by atoms with van der Waals surface area (Å²) in [4.78, 5) is 12.2. The van der Waals surface area contributed by atoms with Crippen LogP contribution in [0.5, 0.6) is 0 Å². The molecule has 2 aliphatic rings. The lowest BCUT2D eigenvalue weighted by molar-refractivity contribution is -0.116. The quantitative estimate of drug-likeness (QED) is 0.763. The van der Waals surface area contributed by atoms with Crippen LogP contribution in [0.15, 0.2) is 60.7 Å². The van der Waals surface area contributed by atoms with Crippen LogP contribution < -0.4 is 9.62 Å². The molecule has 1 heterocycles. The molecule has 1 N–H and O–H groups in total. The number of carbonyl (C=O) groups is 1. The molecule has 1 amide bonds. The second kappa shape index (κ2) is 7.43. The molecule has 6 heteroatoms. The van der Waals surface area contributed by atoms with Crippen LogP contribution in [0.4, 0.5) is 5.69 Å². The van der Waals surface area contributed by atoms with Crippen LogP contribution >= 0.6 is 0 Å². The van der Waals surface area contributed by atoms with E-state index in [4.69, 9.17) is 0 Å². The van der Waals surface area contributed by atoms with Crippen LogP contribution in [0.1, 0.15) is 30.4 Å². The summed E-state index contributed by atoms with van der Waals surface area (Å²) in [6.07, 6.45) is 6.14. The van der Waals surface area contributed by atoms with Crippen LogP contribution in [-0.2, 0) is 20.2 Å². The predicted molar refractivity (Wildman–Crippen MR) is 112 cm³/mol. The molecule has 0 unspecified atom stereocenters. The number of benzene rings is 2. The SMILES string of the molecule is O=C(/C=C/c1ccc(N2CCCS2(=O)=O)cc1)NCC1(c2ccccc2)CC1. The second-order valence-corrected chi connectivity index (χ2v) is 9.54. The van der Waals surface area contributed by atoms with Crippen molar-refractivity contribution >= 4 is 27.7 Å². The first-order valence-electron chi connectivity index (χ1n) is 9.61. The van der Waals surface area contributed by atoms with Gasteiger partial charge in [-0.3, -0.25) is 9.10 Å². The second-order valence-electron chi connectivity index (χ2n) is 7.53. The average molecular weight is 397 g/mol. The first-order chi connectivity index (χ1) is 13.5. The molecule has 0 bridgehead atoms. The molecule has 0 aromatic heterocycles. The highest BCUT2D eigenvalue weighted by Gasteiger charge is 2.44. The van der Waals surface area contributed by atoms with E-state index in [0.717, 1.165) is 18.4 Å². The Hall–Kier alpha value is -2.60. The lowest BCUT2D eigenvalue weighted by Crippen LogP contribution is -2.30. The van der Waals surface area contributed by atoms with E-state index in [9.17, 15) is 13.2 Å². The molecule has 0 spiro atoms. The third-order valence-electron chi connectivity index (χ3n) is 5.55. The number of sulfonamides is 1. The third-order valence-corrected chi connectivity index (χ3v) is 7.42. The van der Waals surface area contributed by atoms with Crippen LogP contribution in [0.3, 0.4) is 0 Å². The number of hydrogen-bond donors (Lipinski definition) is 1. The molecular formula is C22H24N2O3S. The van der Waals surface area contributed by atoms with Gasteiger partial charge in [0.25, 0.3) is 0 Å². The van der Waals surface area contributed by atoms with Crippen LogP contribution in [0.2, 0.25) is 0 Å². The zero-order chi connectivity index (χ0) is 19.6. The van der Waals surface area contributed by atoms with Crippen molar-refractivity contribution in [1.82, 2.24) is 5.32 Å². The van der Waals surface area contributed by atoms with E-state index in [1.54, 1.807) is 18.2 Å². The Morgan fingerprint density at radius 3 is 2.39 bits per heavy atom. The number of nitrogens with one attached hydrogen (secondary N) is 1. The molecule has 2 aromatic carbocycles. The standard InChI is InChI=1S/C22H24N2O3S/c25-21(23-17-22(13-14-22)19-5-2-1-3-6-19)12-9-18-7-10-20(11-8-18)24-15-4-16-28(24,26)27/h1-3,5-12H,4,13-17H2,(H,23,25)/b12-9+. The maximum Gasteiger partial charge on any atom is 0.244 e. The maximum atomic E-state index is 12.2. The zero-order valence-corrected chi connectivity index (χ0v) is 16.5.